The minimum atomic E-state index is 0.0319. The monoisotopic (exact) mass is 309 g/mol. The van der Waals surface area contributed by atoms with Crippen LogP contribution in [-0.2, 0) is 0 Å². The van der Waals surface area contributed by atoms with Crippen LogP contribution in [0, 0.1) is 9.49 Å². The van der Waals surface area contributed by atoms with Crippen molar-refractivity contribution in [1.82, 2.24) is 0 Å². The minimum Gasteiger partial charge on any atom is -0.324 e. The van der Waals surface area contributed by atoms with E-state index in [1.165, 1.54) is 0 Å². The van der Waals surface area contributed by atoms with E-state index in [1.54, 1.807) is 0 Å². The number of hydrogen-bond acceptors (Lipinski definition) is 1. The van der Waals surface area contributed by atoms with Crippen LogP contribution in [0.25, 0.3) is 0 Å². The van der Waals surface area contributed by atoms with Crippen LogP contribution in [0.3, 0.4) is 0 Å². The van der Waals surface area contributed by atoms with E-state index in [-0.39, 0.29) is 6.04 Å². The van der Waals surface area contributed by atoms with Gasteiger partial charge in [-0.05, 0) is 46.2 Å². The average molecular weight is 310 g/mol. The molecule has 0 bridgehead atoms. The van der Waals surface area contributed by atoms with Gasteiger partial charge in [0.25, 0.3) is 0 Å². The zero-order chi connectivity index (χ0) is 10.0. The molecule has 0 saturated heterocycles. The number of benzene rings is 1. The average Bonchev–Trinajstić information content (AvgIpc) is 2.03. The zero-order valence-corrected chi connectivity index (χ0v) is 10.6. The summed E-state index contributed by atoms with van der Waals surface area (Å²) < 4.78 is 1.14. The molecule has 2 N–H and O–H groups in total. The lowest BCUT2D eigenvalue weighted by Gasteiger charge is -2.17. The summed E-state index contributed by atoms with van der Waals surface area (Å²) in [6.45, 7) is 4.19. The second kappa shape index (κ2) is 4.62. The smallest absolute Gasteiger partial charge is 0.0464 e. The summed E-state index contributed by atoms with van der Waals surface area (Å²) in [6, 6.07) is 6.02. The van der Waals surface area contributed by atoms with Crippen LogP contribution >= 0.6 is 34.2 Å². The molecular weight excluding hydrogens is 296 g/mol. The topological polar surface area (TPSA) is 26.0 Å². The van der Waals surface area contributed by atoms with Crippen molar-refractivity contribution < 1.29 is 0 Å². The largest absolute Gasteiger partial charge is 0.324 e. The predicted octanol–water partition coefficient (Wildman–Crippen LogP) is 3.60. The van der Waals surface area contributed by atoms with Gasteiger partial charge < -0.3 is 5.73 Å². The van der Waals surface area contributed by atoms with Gasteiger partial charge in [0.15, 0.2) is 0 Å². The second-order valence-corrected chi connectivity index (χ2v) is 5.09. The first kappa shape index (κ1) is 11.3. The third kappa shape index (κ3) is 2.82. The van der Waals surface area contributed by atoms with Gasteiger partial charge in [-0.25, -0.2) is 0 Å². The maximum atomic E-state index is 6.08. The minimum absolute atomic E-state index is 0.0319. The Balaban J connectivity index is 3.01. The zero-order valence-electron chi connectivity index (χ0n) is 7.72. The van der Waals surface area contributed by atoms with Crippen molar-refractivity contribution in [3.05, 3.63) is 32.4 Å². The van der Waals surface area contributed by atoms with Gasteiger partial charge in [0.05, 0.1) is 0 Å². The van der Waals surface area contributed by atoms with Gasteiger partial charge in [-0.1, -0.05) is 31.5 Å². The summed E-state index contributed by atoms with van der Waals surface area (Å²) in [5, 5.41) is 0.771. The Morgan fingerprint density at radius 3 is 2.46 bits per heavy atom. The van der Waals surface area contributed by atoms with Crippen molar-refractivity contribution in [3.63, 3.8) is 0 Å². The molecule has 1 nitrogen and oxygen atoms in total. The van der Waals surface area contributed by atoms with Gasteiger partial charge >= 0.3 is 0 Å². The van der Waals surface area contributed by atoms with E-state index in [2.05, 4.69) is 36.4 Å². The molecule has 0 amide bonds. The molecule has 0 radical (unpaired) electrons. The number of rotatable bonds is 2. The molecule has 0 heterocycles. The van der Waals surface area contributed by atoms with Crippen LogP contribution in [0.15, 0.2) is 18.2 Å². The normalized spacial score (nSPS) is 13.4. The van der Waals surface area contributed by atoms with Gasteiger partial charge in [0.2, 0.25) is 0 Å². The molecule has 0 saturated carbocycles. The summed E-state index contributed by atoms with van der Waals surface area (Å²) in [4.78, 5) is 0. The highest BCUT2D eigenvalue weighted by Crippen LogP contribution is 2.27. The van der Waals surface area contributed by atoms with E-state index >= 15 is 0 Å². The first-order chi connectivity index (χ1) is 6.02. The fourth-order valence-corrected chi connectivity index (χ4v) is 2.11. The fourth-order valence-electron chi connectivity index (χ4n) is 1.13. The highest BCUT2D eigenvalue weighted by Gasteiger charge is 2.13. The van der Waals surface area contributed by atoms with Crippen LogP contribution in [-0.4, -0.2) is 0 Å². The number of halogens is 2. The summed E-state index contributed by atoms with van der Waals surface area (Å²) in [7, 11) is 0. The third-order valence-corrected chi connectivity index (χ3v) is 3.04. The van der Waals surface area contributed by atoms with Crippen LogP contribution < -0.4 is 5.73 Å². The first-order valence-corrected chi connectivity index (χ1v) is 5.68. The van der Waals surface area contributed by atoms with Crippen LogP contribution in [0.5, 0.6) is 0 Å². The fraction of sp³-hybridized carbons (Fsp3) is 0.400. The molecule has 0 aliphatic carbocycles. The molecule has 0 aromatic heterocycles. The number of hydrogen-bond donors (Lipinski definition) is 1. The van der Waals surface area contributed by atoms with E-state index in [0.717, 1.165) is 14.2 Å². The van der Waals surface area contributed by atoms with Crippen LogP contribution in [0.4, 0.5) is 0 Å². The molecule has 0 aliphatic rings. The Bertz CT molecular complexity index is 299. The quantitative estimate of drug-likeness (QED) is 0.830. The van der Waals surface area contributed by atoms with Gasteiger partial charge in [-0.15, -0.1) is 0 Å². The lowest BCUT2D eigenvalue weighted by atomic mass is 9.97. The lowest BCUT2D eigenvalue weighted by Crippen LogP contribution is -2.17. The Kier molecular flexibility index (Phi) is 4.01. The Labute approximate surface area is 97.8 Å². The maximum Gasteiger partial charge on any atom is 0.0464 e. The molecule has 72 valence electrons. The van der Waals surface area contributed by atoms with Crippen molar-refractivity contribution in [2.45, 2.75) is 19.9 Å². The van der Waals surface area contributed by atoms with Gasteiger partial charge in [-0.3, -0.25) is 0 Å². The summed E-state index contributed by atoms with van der Waals surface area (Å²) in [5.74, 6) is 0.414. The molecule has 13 heavy (non-hydrogen) atoms. The van der Waals surface area contributed by atoms with Gasteiger partial charge in [0.1, 0.15) is 0 Å². The third-order valence-electron chi connectivity index (χ3n) is 2.04. The van der Waals surface area contributed by atoms with E-state index in [4.69, 9.17) is 17.3 Å². The molecule has 0 aliphatic heterocycles. The Morgan fingerprint density at radius 1 is 1.38 bits per heavy atom. The SMILES string of the molecule is CC(C)[C@@H](N)c1ccc(I)cc1Cl. The molecule has 1 rings (SSSR count). The molecule has 1 atom stereocenters. The first-order valence-electron chi connectivity index (χ1n) is 4.23. The van der Waals surface area contributed by atoms with E-state index in [0.29, 0.717) is 5.92 Å². The molecule has 1 aromatic carbocycles. The highest BCUT2D eigenvalue weighted by molar-refractivity contribution is 14.1. The van der Waals surface area contributed by atoms with Crippen molar-refractivity contribution in [1.29, 1.82) is 0 Å². The van der Waals surface area contributed by atoms with Crippen molar-refractivity contribution >= 4 is 34.2 Å². The van der Waals surface area contributed by atoms with E-state index in [1.807, 2.05) is 18.2 Å². The summed E-state index contributed by atoms with van der Waals surface area (Å²) in [5.41, 5.74) is 7.04. The van der Waals surface area contributed by atoms with Crippen molar-refractivity contribution in [3.8, 4) is 0 Å². The van der Waals surface area contributed by atoms with Crippen molar-refractivity contribution in [2.75, 3.05) is 0 Å². The molecule has 0 unspecified atom stereocenters. The standard InChI is InChI=1S/C10H13ClIN/c1-6(2)10(13)8-4-3-7(12)5-9(8)11/h3-6,10H,13H2,1-2H3/t10-/m1/s1. The highest BCUT2D eigenvalue weighted by atomic mass is 127. The molecule has 1 aromatic rings. The van der Waals surface area contributed by atoms with Crippen LogP contribution in [0.1, 0.15) is 25.5 Å². The van der Waals surface area contributed by atoms with Crippen LogP contribution in [0.2, 0.25) is 5.02 Å². The number of nitrogens with two attached hydrogens (primary N) is 1. The second-order valence-electron chi connectivity index (χ2n) is 3.44. The van der Waals surface area contributed by atoms with Gasteiger partial charge in [-0.2, -0.15) is 0 Å². The Morgan fingerprint density at radius 2 is 2.00 bits per heavy atom. The summed E-state index contributed by atoms with van der Waals surface area (Å²) >= 11 is 8.32. The Hall–Kier alpha value is 0.200. The molecule has 3 heteroatoms. The summed E-state index contributed by atoms with van der Waals surface area (Å²) in [6.07, 6.45) is 0. The predicted molar refractivity (Wildman–Crippen MR) is 65.9 cm³/mol. The maximum absolute atomic E-state index is 6.08. The van der Waals surface area contributed by atoms with Gasteiger partial charge in [0, 0.05) is 14.6 Å². The van der Waals surface area contributed by atoms with Crippen molar-refractivity contribution in [2.24, 2.45) is 11.7 Å². The lowest BCUT2D eigenvalue weighted by molar-refractivity contribution is 0.514. The molecular formula is C10H13ClIN. The van der Waals surface area contributed by atoms with E-state index in [9.17, 15) is 0 Å². The molecule has 0 fully saturated rings. The van der Waals surface area contributed by atoms with E-state index < -0.39 is 0 Å². The molecule has 0 spiro atoms.